The van der Waals surface area contributed by atoms with E-state index in [9.17, 15) is 43.9 Å². The van der Waals surface area contributed by atoms with Crippen LogP contribution in [-0.2, 0) is 0 Å². The van der Waals surface area contributed by atoms with Crippen molar-refractivity contribution in [3.63, 3.8) is 0 Å². The molecule has 2 aliphatic carbocycles. The van der Waals surface area contributed by atoms with E-state index < -0.39 is 97.6 Å². The maximum atomic E-state index is 15.1. The van der Waals surface area contributed by atoms with Crippen LogP contribution in [0, 0.1) is 17.5 Å². The topological polar surface area (TPSA) is 9.23 Å². The number of ether oxygens (including phenoxy) is 1. The smallest absolute Gasteiger partial charge is 0.411 e. The van der Waals surface area contributed by atoms with Gasteiger partial charge in [0, 0.05) is 6.07 Å². The average molecular weight is 518 g/mol. The second-order valence-electron chi connectivity index (χ2n) is 8.07. The Labute approximate surface area is 190 Å². The molecule has 0 saturated carbocycles. The maximum Gasteiger partial charge on any atom is 0.411 e. The third-order valence-corrected chi connectivity index (χ3v) is 8.87. The van der Waals surface area contributed by atoms with Crippen LogP contribution in [0.4, 0.5) is 48.3 Å². The van der Waals surface area contributed by atoms with Crippen molar-refractivity contribution in [2.75, 3.05) is 7.11 Å². The normalized spacial score (nSPS) is 29.8. The number of methoxy groups -OCH3 is 1. The highest BCUT2D eigenvalue weighted by atomic mass is 27.2. The standard InChI is InChI=1S/2C7H5F4.C7H4F3O.Al/c2*1-7(11)3-4(8)2-5(9)6(7)10;1-11-7-3-5(9)4(8)2-6(7)10;/h2*3,6H,1H3;3H,1H3;. The summed E-state index contributed by atoms with van der Waals surface area (Å²) >= 11 is -5.09. The van der Waals surface area contributed by atoms with E-state index in [-0.39, 0.29) is 18.2 Å². The number of halogens is 11. The summed E-state index contributed by atoms with van der Waals surface area (Å²) in [5.74, 6) is -15.7. The summed E-state index contributed by atoms with van der Waals surface area (Å²) < 4.78 is 160. The van der Waals surface area contributed by atoms with Gasteiger partial charge >= 0.3 is 14.1 Å². The van der Waals surface area contributed by atoms with Gasteiger partial charge in [0.25, 0.3) is 0 Å². The highest BCUT2D eigenvalue weighted by molar-refractivity contribution is 6.87. The molecule has 1 aromatic rings. The van der Waals surface area contributed by atoms with Crippen molar-refractivity contribution in [2.45, 2.75) is 37.5 Å². The van der Waals surface area contributed by atoms with Gasteiger partial charge in [0.15, 0.2) is 41.1 Å². The van der Waals surface area contributed by atoms with E-state index >= 15 is 4.39 Å². The van der Waals surface area contributed by atoms with E-state index in [1.54, 1.807) is 0 Å². The van der Waals surface area contributed by atoms with Crippen molar-refractivity contribution in [3.8, 4) is 5.75 Å². The molecule has 1 aromatic carbocycles. The maximum absolute atomic E-state index is 15.1. The zero-order valence-corrected chi connectivity index (χ0v) is 18.7. The average Bonchev–Trinajstić information content (AvgIpc) is 2.72. The van der Waals surface area contributed by atoms with Crippen LogP contribution in [0.15, 0.2) is 50.4 Å². The number of hydrogen-bond donors (Lipinski definition) is 0. The van der Waals surface area contributed by atoms with Crippen LogP contribution in [0.3, 0.4) is 0 Å². The molecule has 0 heterocycles. The molecule has 184 valence electrons. The Morgan fingerprint density at radius 2 is 1.18 bits per heavy atom. The molecule has 3 rings (SSSR count). The largest absolute Gasteiger partial charge is 0.494 e. The second-order valence-corrected chi connectivity index (χ2v) is 10.7. The van der Waals surface area contributed by atoms with Gasteiger partial charge in [-0.15, -0.1) is 0 Å². The van der Waals surface area contributed by atoms with Gasteiger partial charge in [0.2, 0.25) is 0 Å². The van der Waals surface area contributed by atoms with Crippen molar-refractivity contribution in [1.82, 2.24) is 0 Å². The van der Waals surface area contributed by atoms with Crippen LogP contribution < -0.4 is 9.16 Å². The first-order chi connectivity index (χ1) is 15.6. The van der Waals surface area contributed by atoms with Crippen LogP contribution in [0.1, 0.15) is 13.8 Å². The van der Waals surface area contributed by atoms with Gasteiger partial charge in [-0.3, -0.25) is 0 Å². The molecule has 0 bridgehead atoms. The van der Waals surface area contributed by atoms with Crippen LogP contribution in [0.25, 0.3) is 0 Å². The van der Waals surface area contributed by atoms with E-state index in [0.717, 1.165) is 7.11 Å². The lowest BCUT2D eigenvalue weighted by molar-refractivity contribution is 0.113. The predicted octanol–water partition coefficient (Wildman–Crippen LogP) is 6.21. The molecule has 2 aliphatic rings. The fourth-order valence-corrected chi connectivity index (χ4v) is 7.00. The Hall–Kier alpha value is -2.26. The predicted molar refractivity (Wildman–Crippen MR) is 102 cm³/mol. The summed E-state index contributed by atoms with van der Waals surface area (Å²) in [5, 5.41) is 0. The van der Waals surface area contributed by atoms with E-state index in [0.29, 0.717) is 13.8 Å². The lowest BCUT2D eigenvalue weighted by Crippen LogP contribution is -2.47. The van der Waals surface area contributed by atoms with Gasteiger partial charge in [-0.05, 0) is 39.3 Å². The summed E-state index contributed by atoms with van der Waals surface area (Å²) in [7, 11) is 0.774. The first-order valence-electron chi connectivity index (χ1n) is 9.50. The summed E-state index contributed by atoms with van der Waals surface area (Å²) in [6.45, 7) is 0.813. The molecule has 0 aliphatic heterocycles. The Bertz CT molecular complexity index is 1110. The monoisotopic (exact) mass is 518 g/mol. The fraction of sp³-hybridized carbons (Fsp3) is 0.333. The Balaban J connectivity index is 2.48. The van der Waals surface area contributed by atoms with Gasteiger partial charge in [0.05, 0.1) is 7.11 Å². The van der Waals surface area contributed by atoms with Crippen LogP contribution in [0.2, 0.25) is 0 Å². The van der Waals surface area contributed by atoms with Crippen molar-refractivity contribution < 1.29 is 53.0 Å². The number of benzene rings is 1. The third-order valence-electron chi connectivity index (χ3n) is 5.53. The molecular weight excluding hydrogens is 504 g/mol. The summed E-state index contributed by atoms with van der Waals surface area (Å²) in [6.07, 6.45) is -6.88. The summed E-state index contributed by atoms with van der Waals surface area (Å²) in [4.78, 5) is 0. The quantitative estimate of drug-likeness (QED) is 0.262. The highest BCUT2D eigenvalue weighted by Crippen LogP contribution is 2.45. The first kappa shape index (κ1) is 26.3. The van der Waals surface area contributed by atoms with E-state index in [2.05, 4.69) is 4.74 Å². The minimum atomic E-state index is -5.09. The van der Waals surface area contributed by atoms with Gasteiger partial charge < -0.3 is 4.74 Å². The molecule has 0 spiro atoms. The Kier molecular flexibility index (Phi) is 6.78. The van der Waals surface area contributed by atoms with E-state index in [1.165, 1.54) is 0 Å². The third kappa shape index (κ3) is 4.07. The Morgan fingerprint density at radius 1 is 0.765 bits per heavy atom. The lowest BCUT2D eigenvalue weighted by Gasteiger charge is -2.32. The molecule has 34 heavy (non-hydrogen) atoms. The number of hydrogen-bond acceptors (Lipinski definition) is 1. The molecular formula is C21H14AlF11O. The van der Waals surface area contributed by atoms with Gasteiger partial charge in [0.1, 0.15) is 29.1 Å². The molecule has 13 heteroatoms. The SMILES string of the molecule is COc1cc(F)c(F)[c]([Al]([C]2=C(F)C(F)C(C)(F)C=C2F)[C]2=C(F)C(F)C(C)(F)C=C2F)c1F. The van der Waals surface area contributed by atoms with Crippen molar-refractivity contribution >= 4 is 18.6 Å². The minimum Gasteiger partial charge on any atom is -0.494 e. The highest BCUT2D eigenvalue weighted by Gasteiger charge is 2.53. The molecule has 0 radical (unpaired) electrons. The molecule has 0 N–H and O–H groups in total. The van der Waals surface area contributed by atoms with Gasteiger partial charge in [-0.2, -0.15) is 0 Å². The molecule has 0 saturated heterocycles. The van der Waals surface area contributed by atoms with Crippen LogP contribution >= 0.6 is 0 Å². The number of rotatable bonds is 4. The lowest BCUT2D eigenvalue weighted by atomic mass is 9.95. The van der Waals surface area contributed by atoms with Gasteiger partial charge in [-0.1, -0.05) is 0 Å². The zero-order valence-electron chi connectivity index (χ0n) is 17.5. The molecule has 0 aromatic heterocycles. The van der Waals surface area contributed by atoms with Crippen molar-refractivity contribution in [3.05, 3.63) is 67.8 Å². The first-order valence-corrected chi connectivity index (χ1v) is 11.2. The van der Waals surface area contributed by atoms with Gasteiger partial charge in [-0.25, -0.2) is 48.3 Å². The van der Waals surface area contributed by atoms with Crippen molar-refractivity contribution in [1.29, 1.82) is 0 Å². The molecule has 0 amide bonds. The second kappa shape index (κ2) is 8.75. The number of allylic oxidation sites excluding steroid dienone is 8. The zero-order chi connectivity index (χ0) is 25.9. The van der Waals surface area contributed by atoms with E-state index in [1.807, 2.05) is 0 Å². The molecule has 0 fully saturated rings. The molecule has 4 atom stereocenters. The number of alkyl halides is 4. The summed E-state index contributed by atoms with van der Waals surface area (Å²) in [5.41, 5.74) is -6.64. The molecule has 1 nitrogen and oxygen atoms in total. The van der Waals surface area contributed by atoms with Crippen LogP contribution in [-0.4, -0.2) is 44.9 Å². The Morgan fingerprint density at radius 3 is 1.56 bits per heavy atom. The summed E-state index contributed by atoms with van der Waals surface area (Å²) in [6, 6.07) is 0.169. The minimum absolute atomic E-state index is 0.141. The fourth-order valence-electron chi connectivity index (χ4n) is 3.78. The van der Waals surface area contributed by atoms with Crippen molar-refractivity contribution in [2.24, 2.45) is 0 Å². The van der Waals surface area contributed by atoms with E-state index in [4.69, 9.17) is 0 Å². The molecule has 4 unspecified atom stereocenters. The van der Waals surface area contributed by atoms with Crippen LogP contribution in [0.5, 0.6) is 5.75 Å².